The van der Waals surface area contributed by atoms with Gasteiger partial charge in [0.2, 0.25) is 0 Å². The lowest BCUT2D eigenvalue weighted by atomic mass is 10.2. The van der Waals surface area contributed by atoms with Crippen LogP contribution in [0.2, 0.25) is 0 Å². The van der Waals surface area contributed by atoms with Crippen LogP contribution in [-0.2, 0) is 5.88 Å². The zero-order valence-corrected chi connectivity index (χ0v) is 13.5. The normalized spacial score (nSPS) is 22.8. The van der Waals surface area contributed by atoms with Crippen molar-refractivity contribution in [2.45, 2.75) is 50.3 Å². The first-order valence-corrected chi connectivity index (χ1v) is 8.84. The summed E-state index contributed by atoms with van der Waals surface area (Å²) in [6.07, 6.45) is 5.71. The van der Waals surface area contributed by atoms with Crippen LogP contribution in [0.15, 0.2) is 12.3 Å². The van der Waals surface area contributed by atoms with Gasteiger partial charge in [-0.05, 0) is 37.1 Å². The van der Waals surface area contributed by atoms with Crippen LogP contribution >= 0.6 is 23.4 Å². The predicted octanol–water partition coefficient (Wildman–Crippen LogP) is 4.33. The number of nitrogens with zero attached hydrogens (tertiary/aromatic N) is 3. The zero-order chi connectivity index (χ0) is 14.1. The van der Waals surface area contributed by atoms with Crippen LogP contribution in [0.5, 0.6) is 0 Å². The number of imidazole rings is 1. The summed E-state index contributed by atoms with van der Waals surface area (Å²) in [4.78, 5) is 9.31. The van der Waals surface area contributed by atoms with E-state index in [9.17, 15) is 0 Å². The van der Waals surface area contributed by atoms with Crippen LogP contribution < -0.4 is 0 Å². The Bertz CT molecular complexity index is 610. The maximum absolute atomic E-state index is 6.13. The average Bonchev–Trinajstić information content (AvgIpc) is 3.01. The first kappa shape index (κ1) is 14.2. The van der Waals surface area contributed by atoms with Gasteiger partial charge in [0.05, 0.1) is 5.88 Å². The molecular weight excluding hydrogens is 290 g/mol. The van der Waals surface area contributed by atoms with E-state index in [4.69, 9.17) is 16.6 Å². The molecule has 0 saturated heterocycles. The van der Waals surface area contributed by atoms with E-state index in [1.807, 2.05) is 6.20 Å². The number of thioether (sulfide) groups is 1. The molecule has 0 aliphatic heterocycles. The second kappa shape index (κ2) is 5.94. The van der Waals surface area contributed by atoms with Crippen LogP contribution in [0.1, 0.15) is 43.6 Å². The van der Waals surface area contributed by atoms with Crippen LogP contribution in [0.3, 0.4) is 0 Å². The number of halogens is 1. The van der Waals surface area contributed by atoms with Crippen LogP contribution in [-0.4, -0.2) is 25.5 Å². The fourth-order valence-corrected chi connectivity index (χ4v) is 4.61. The Morgan fingerprint density at radius 2 is 2.30 bits per heavy atom. The third-order valence-electron chi connectivity index (χ3n) is 3.99. The molecule has 3 rings (SSSR count). The van der Waals surface area contributed by atoms with Crippen molar-refractivity contribution < 1.29 is 0 Å². The van der Waals surface area contributed by atoms with Gasteiger partial charge in [-0.2, -0.15) is 11.8 Å². The first-order chi connectivity index (χ1) is 9.74. The predicted molar refractivity (Wildman–Crippen MR) is 86.6 cm³/mol. The lowest BCUT2D eigenvalue weighted by Crippen LogP contribution is -2.18. The Hall–Kier alpha value is -0.740. The fraction of sp³-hybridized carbons (Fsp3) is 0.600. The smallest absolute Gasteiger partial charge is 0.160 e. The van der Waals surface area contributed by atoms with E-state index in [0.717, 1.165) is 28.3 Å². The molecule has 0 N–H and O–H groups in total. The van der Waals surface area contributed by atoms with E-state index in [0.29, 0.717) is 17.2 Å². The van der Waals surface area contributed by atoms with Crippen molar-refractivity contribution in [1.82, 2.24) is 14.5 Å². The van der Waals surface area contributed by atoms with E-state index in [-0.39, 0.29) is 0 Å². The topological polar surface area (TPSA) is 30.7 Å². The van der Waals surface area contributed by atoms with Crippen molar-refractivity contribution in [2.24, 2.45) is 0 Å². The van der Waals surface area contributed by atoms with E-state index >= 15 is 0 Å². The van der Waals surface area contributed by atoms with Crippen molar-refractivity contribution >= 4 is 34.5 Å². The molecule has 108 valence electrons. The van der Waals surface area contributed by atoms with Crippen molar-refractivity contribution in [1.29, 1.82) is 0 Å². The maximum Gasteiger partial charge on any atom is 0.160 e. The molecule has 5 heteroatoms. The molecule has 0 spiro atoms. The van der Waals surface area contributed by atoms with Gasteiger partial charge < -0.3 is 4.57 Å². The summed E-state index contributed by atoms with van der Waals surface area (Å²) in [5.41, 5.74) is 3.13. The molecular formula is C15H20ClN3S. The van der Waals surface area contributed by atoms with E-state index in [1.54, 1.807) is 0 Å². The molecule has 0 bridgehead atoms. The summed E-state index contributed by atoms with van der Waals surface area (Å²) in [5, 5.41) is 0.669. The molecule has 2 aromatic heterocycles. The van der Waals surface area contributed by atoms with Crippen molar-refractivity contribution in [3.63, 3.8) is 0 Å². The van der Waals surface area contributed by atoms with E-state index < -0.39 is 0 Å². The summed E-state index contributed by atoms with van der Waals surface area (Å²) < 4.78 is 2.31. The first-order valence-electron chi connectivity index (χ1n) is 7.25. The van der Waals surface area contributed by atoms with Crippen molar-refractivity contribution in [2.75, 3.05) is 5.75 Å². The summed E-state index contributed by atoms with van der Waals surface area (Å²) in [6.45, 7) is 4.28. The Morgan fingerprint density at radius 3 is 3.05 bits per heavy atom. The van der Waals surface area contributed by atoms with Gasteiger partial charge in [-0.15, -0.1) is 11.6 Å². The molecule has 2 unspecified atom stereocenters. The van der Waals surface area contributed by atoms with Gasteiger partial charge in [0.1, 0.15) is 11.3 Å². The highest BCUT2D eigenvalue weighted by atomic mass is 35.5. The molecule has 1 aliphatic rings. The minimum Gasteiger partial charge on any atom is -0.307 e. The molecule has 2 aromatic rings. The van der Waals surface area contributed by atoms with E-state index in [2.05, 4.69) is 41.2 Å². The van der Waals surface area contributed by atoms with Gasteiger partial charge in [-0.25, -0.2) is 9.97 Å². The number of hydrogen-bond donors (Lipinski definition) is 0. The Balaban J connectivity index is 2.09. The largest absolute Gasteiger partial charge is 0.307 e. The Morgan fingerprint density at radius 1 is 1.45 bits per heavy atom. The van der Waals surface area contributed by atoms with Gasteiger partial charge in [0.25, 0.3) is 0 Å². The average molecular weight is 310 g/mol. The molecule has 2 atom stereocenters. The number of aromatic nitrogens is 3. The highest BCUT2D eigenvalue weighted by Crippen LogP contribution is 2.40. The fourth-order valence-electron chi connectivity index (χ4n) is 3.18. The monoisotopic (exact) mass is 309 g/mol. The number of aryl methyl sites for hydroxylation is 1. The lowest BCUT2D eigenvalue weighted by molar-refractivity contribution is 0.524. The Kier molecular flexibility index (Phi) is 4.22. The highest BCUT2D eigenvalue weighted by Gasteiger charge is 2.31. The number of rotatable bonds is 4. The molecule has 1 saturated carbocycles. The molecule has 20 heavy (non-hydrogen) atoms. The third kappa shape index (κ3) is 2.44. The second-order valence-corrected chi connectivity index (χ2v) is 7.16. The van der Waals surface area contributed by atoms with Crippen LogP contribution in [0.4, 0.5) is 0 Å². The molecule has 2 heterocycles. The minimum atomic E-state index is 0.454. The minimum absolute atomic E-state index is 0.454. The van der Waals surface area contributed by atoms with Gasteiger partial charge in [0, 0.05) is 17.5 Å². The van der Waals surface area contributed by atoms with Gasteiger partial charge >= 0.3 is 0 Å². The lowest BCUT2D eigenvalue weighted by Gasteiger charge is -2.22. The summed E-state index contributed by atoms with van der Waals surface area (Å²) >= 11 is 8.19. The summed E-state index contributed by atoms with van der Waals surface area (Å²) in [7, 11) is 0. The molecule has 1 fully saturated rings. The standard InChI is InChI=1S/C15H20ClN3S/c1-3-20-13-6-4-5-12(13)19-14(8-16)18-11-7-10(2)9-17-15(11)19/h7,9,12-13H,3-6,8H2,1-2H3. The Labute approximate surface area is 129 Å². The third-order valence-corrected chi connectivity index (χ3v) is 5.54. The number of alkyl halides is 1. The quantitative estimate of drug-likeness (QED) is 0.788. The van der Waals surface area contributed by atoms with Gasteiger partial charge in [-0.1, -0.05) is 13.3 Å². The van der Waals surface area contributed by atoms with Crippen LogP contribution in [0.25, 0.3) is 11.2 Å². The SMILES string of the molecule is CCSC1CCCC1n1c(CCl)nc2cc(C)cnc21. The summed E-state index contributed by atoms with van der Waals surface area (Å²) in [5.74, 6) is 2.58. The van der Waals surface area contributed by atoms with E-state index in [1.165, 1.54) is 19.3 Å². The molecule has 0 aromatic carbocycles. The molecule has 0 amide bonds. The molecule has 1 aliphatic carbocycles. The highest BCUT2D eigenvalue weighted by molar-refractivity contribution is 7.99. The number of fused-ring (bicyclic) bond motifs is 1. The van der Waals surface area contributed by atoms with Crippen LogP contribution in [0, 0.1) is 6.92 Å². The van der Waals surface area contributed by atoms with Crippen molar-refractivity contribution in [3.05, 3.63) is 23.7 Å². The molecule has 3 nitrogen and oxygen atoms in total. The van der Waals surface area contributed by atoms with Crippen molar-refractivity contribution in [3.8, 4) is 0 Å². The number of pyridine rings is 1. The molecule has 0 radical (unpaired) electrons. The van der Waals surface area contributed by atoms with Gasteiger partial charge in [-0.3, -0.25) is 0 Å². The summed E-state index contributed by atoms with van der Waals surface area (Å²) in [6, 6.07) is 2.60. The zero-order valence-electron chi connectivity index (χ0n) is 12.0. The maximum atomic E-state index is 6.13. The number of hydrogen-bond acceptors (Lipinski definition) is 3. The van der Waals surface area contributed by atoms with Gasteiger partial charge in [0.15, 0.2) is 5.65 Å². The second-order valence-electron chi connectivity index (χ2n) is 5.38.